The average molecular weight is 338 g/mol. The van der Waals surface area contributed by atoms with E-state index in [2.05, 4.69) is 17.2 Å². The van der Waals surface area contributed by atoms with Crippen LogP contribution in [0.1, 0.15) is 45.2 Å². The number of nitrogens with zero attached hydrogens (tertiary/aromatic N) is 1. The van der Waals surface area contributed by atoms with Gasteiger partial charge in [0.2, 0.25) is 5.88 Å². The molecule has 24 heavy (non-hydrogen) atoms. The Kier molecular flexibility index (Phi) is 8.71. The van der Waals surface area contributed by atoms with Crippen LogP contribution in [0.3, 0.4) is 0 Å². The molecule has 1 N–H and O–H groups in total. The first-order valence-corrected chi connectivity index (χ1v) is 8.42. The average Bonchev–Trinajstić information content (AvgIpc) is 2.57. The van der Waals surface area contributed by atoms with E-state index in [9.17, 15) is 4.79 Å². The molecule has 0 aromatic carbocycles. The Morgan fingerprint density at radius 1 is 1.25 bits per heavy atom. The minimum Gasteiger partial charge on any atom is -0.475 e. The number of methoxy groups -OCH3 is 2. The first kappa shape index (κ1) is 20.4. The number of ether oxygens (including phenoxy) is 3. The molecule has 0 saturated heterocycles. The number of unbranched alkanes of at least 4 members (excludes halogenated alkanes) is 2. The molecule has 0 aliphatic rings. The number of hydrogen-bond acceptors (Lipinski definition) is 5. The monoisotopic (exact) mass is 338 g/mol. The van der Waals surface area contributed by atoms with Crippen molar-refractivity contribution in [2.75, 3.05) is 32.8 Å². The molecule has 1 aromatic rings. The largest absolute Gasteiger partial charge is 0.475 e. The number of amides is 1. The van der Waals surface area contributed by atoms with Gasteiger partial charge in [-0.2, -0.15) is 0 Å². The van der Waals surface area contributed by atoms with Gasteiger partial charge in [-0.15, -0.1) is 0 Å². The van der Waals surface area contributed by atoms with Crippen LogP contribution in [-0.4, -0.2) is 43.9 Å². The molecule has 0 aliphatic carbocycles. The van der Waals surface area contributed by atoms with Crippen molar-refractivity contribution >= 4 is 11.6 Å². The maximum Gasteiger partial charge on any atom is 0.256 e. The van der Waals surface area contributed by atoms with Crippen molar-refractivity contribution in [1.82, 2.24) is 4.98 Å². The first-order chi connectivity index (χ1) is 11.5. The summed E-state index contributed by atoms with van der Waals surface area (Å²) in [6, 6.07) is 3.53. The van der Waals surface area contributed by atoms with Crippen LogP contribution >= 0.6 is 0 Å². The van der Waals surface area contributed by atoms with Gasteiger partial charge in [0.25, 0.3) is 5.91 Å². The summed E-state index contributed by atoms with van der Waals surface area (Å²) < 4.78 is 15.9. The number of aromatic nitrogens is 1. The summed E-state index contributed by atoms with van der Waals surface area (Å²) in [7, 11) is 3.19. The summed E-state index contributed by atoms with van der Waals surface area (Å²) in [4.78, 5) is 16.9. The van der Waals surface area contributed by atoms with E-state index in [-0.39, 0.29) is 5.91 Å². The van der Waals surface area contributed by atoms with Gasteiger partial charge in [-0.3, -0.25) is 4.79 Å². The zero-order chi connectivity index (χ0) is 18.0. The number of anilines is 1. The summed E-state index contributed by atoms with van der Waals surface area (Å²) in [6.07, 6.45) is 3.83. The first-order valence-electron chi connectivity index (χ1n) is 8.42. The van der Waals surface area contributed by atoms with Crippen molar-refractivity contribution in [2.45, 2.75) is 52.1 Å². The van der Waals surface area contributed by atoms with Crippen LogP contribution in [0.4, 0.5) is 5.69 Å². The fourth-order valence-electron chi connectivity index (χ4n) is 2.26. The van der Waals surface area contributed by atoms with E-state index < -0.39 is 5.60 Å². The fraction of sp³-hybridized carbons (Fsp3) is 0.667. The van der Waals surface area contributed by atoms with Crippen molar-refractivity contribution in [3.63, 3.8) is 0 Å². The van der Waals surface area contributed by atoms with Gasteiger partial charge in [-0.1, -0.05) is 26.2 Å². The summed E-state index contributed by atoms with van der Waals surface area (Å²) in [6.45, 7) is 6.73. The highest BCUT2D eigenvalue weighted by Gasteiger charge is 2.32. The van der Waals surface area contributed by atoms with Crippen LogP contribution in [0, 0.1) is 6.92 Å². The molecule has 0 spiro atoms. The van der Waals surface area contributed by atoms with E-state index in [1.165, 1.54) is 0 Å². The lowest BCUT2D eigenvalue weighted by atomic mass is 9.97. The predicted octanol–water partition coefficient (Wildman–Crippen LogP) is 3.34. The van der Waals surface area contributed by atoms with Gasteiger partial charge in [0, 0.05) is 20.3 Å². The van der Waals surface area contributed by atoms with Crippen LogP contribution in [0.5, 0.6) is 5.88 Å². The smallest absolute Gasteiger partial charge is 0.256 e. The maximum absolute atomic E-state index is 12.6. The van der Waals surface area contributed by atoms with Crippen molar-refractivity contribution < 1.29 is 19.0 Å². The van der Waals surface area contributed by atoms with Gasteiger partial charge < -0.3 is 19.5 Å². The van der Waals surface area contributed by atoms with Crippen LogP contribution in [0.2, 0.25) is 0 Å². The van der Waals surface area contributed by atoms with Gasteiger partial charge in [0.15, 0.2) is 0 Å². The number of hydrogen-bond donors (Lipinski definition) is 1. The molecule has 0 radical (unpaired) electrons. The molecule has 0 bridgehead atoms. The van der Waals surface area contributed by atoms with Crippen LogP contribution in [0.15, 0.2) is 12.1 Å². The molecular formula is C18H30N2O4. The van der Waals surface area contributed by atoms with Gasteiger partial charge >= 0.3 is 0 Å². The highest BCUT2D eigenvalue weighted by Crippen LogP contribution is 2.23. The summed E-state index contributed by atoms with van der Waals surface area (Å²) in [5.41, 5.74) is 0.526. The Labute approximate surface area is 144 Å². The molecule has 0 aliphatic heterocycles. The van der Waals surface area contributed by atoms with E-state index in [4.69, 9.17) is 14.2 Å². The lowest BCUT2D eigenvalue weighted by Gasteiger charge is -2.27. The van der Waals surface area contributed by atoms with Crippen LogP contribution < -0.4 is 10.1 Å². The zero-order valence-electron chi connectivity index (χ0n) is 15.5. The molecular weight excluding hydrogens is 308 g/mol. The lowest BCUT2D eigenvalue weighted by molar-refractivity contribution is -0.136. The minimum absolute atomic E-state index is 0.154. The Bertz CT molecular complexity index is 522. The SMILES string of the molecule is CCCCCC(C)(OC)C(=O)Nc1ccc(OCCOC)nc1C. The lowest BCUT2D eigenvalue weighted by Crippen LogP contribution is -2.42. The topological polar surface area (TPSA) is 69.7 Å². The normalized spacial score (nSPS) is 13.4. The molecule has 1 aromatic heterocycles. The molecule has 1 unspecified atom stereocenters. The molecule has 0 saturated carbocycles. The predicted molar refractivity (Wildman–Crippen MR) is 94.5 cm³/mol. The second kappa shape index (κ2) is 10.3. The number of carbonyl (C=O) groups is 1. The van der Waals surface area contributed by atoms with Crippen molar-refractivity contribution in [2.24, 2.45) is 0 Å². The Morgan fingerprint density at radius 3 is 2.58 bits per heavy atom. The summed E-state index contributed by atoms with van der Waals surface area (Å²) >= 11 is 0. The molecule has 0 fully saturated rings. The molecule has 1 heterocycles. The van der Waals surface area contributed by atoms with Crippen molar-refractivity contribution in [3.05, 3.63) is 17.8 Å². The van der Waals surface area contributed by atoms with E-state index in [1.807, 2.05) is 13.8 Å². The number of pyridine rings is 1. The van der Waals surface area contributed by atoms with E-state index in [0.29, 0.717) is 36.9 Å². The standard InChI is InChI=1S/C18H30N2O4/c1-6-7-8-11-18(3,23-5)17(21)20-15-9-10-16(19-14(15)2)24-13-12-22-4/h9-10H,6-8,11-13H2,1-5H3,(H,20,21). The van der Waals surface area contributed by atoms with Gasteiger partial charge in [-0.05, 0) is 26.3 Å². The van der Waals surface area contributed by atoms with Crippen LogP contribution in [-0.2, 0) is 14.3 Å². The van der Waals surface area contributed by atoms with E-state index in [0.717, 1.165) is 19.3 Å². The maximum atomic E-state index is 12.6. The number of nitrogens with one attached hydrogen (secondary N) is 1. The van der Waals surface area contributed by atoms with Gasteiger partial charge in [0.1, 0.15) is 12.2 Å². The highest BCUT2D eigenvalue weighted by atomic mass is 16.5. The quantitative estimate of drug-likeness (QED) is 0.627. The van der Waals surface area contributed by atoms with Gasteiger partial charge in [-0.25, -0.2) is 4.98 Å². The van der Waals surface area contributed by atoms with E-state index >= 15 is 0 Å². The molecule has 6 heteroatoms. The van der Waals surface area contributed by atoms with Crippen LogP contribution in [0.25, 0.3) is 0 Å². The Balaban J connectivity index is 2.71. The third-order valence-electron chi connectivity index (χ3n) is 4.03. The number of carbonyl (C=O) groups excluding carboxylic acids is 1. The number of rotatable bonds is 11. The summed E-state index contributed by atoms with van der Waals surface area (Å²) in [5, 5.41) is 2.92. The zero-order valence-corrected chi connectivity index (χ0v) is 15.5. The second-order valence-electron chi connectivity index (χ2n) is 5.97. The van der Waals surface area contributed by atoms with Gasteiger partial charge in [0.05, 0.1) is 18.0 Å². The highest BCUT2D eigenvalue weighted by molar-refractivity contribution is 5.97. The Hall–Kier alpha value is -1.66. The second-order valence-corrected chi connectivity index (χ2v) is 5.97. The minimum atomic E-state index is -0.838. The molecule has 1 rings (SSSR count). The fourth-order valence-corrected chi connectivity index (χ4v) is 2.26. The molecule has 136 valence electrons. The number of aryl methyl sites for hydroxylation is 1. The molecule has 1 amide bonds. The van der Waals surface area contributed by atoms with Crippen molar-refractivity contribution in [1.29, 1.82) is 0 Å². The molecule has 6 nitrogen and oxygen atoms in total. The van der Waals surface area contributed by atoms with E-state index in [1.54, 1.807) is 26.4 Å². The summed E-state index contributed by atoms with van der Waals surface area (Å²) in [5.74, 6) is 0.360. The molecule has 1 atom stereocenters. The van der Waals surface area contributed by atoms with Crippen molar-refractivity contribution in [3.8, 4) is 5.88 Å². The Morgan fingerprint density at radius 2 is 2.00 bits per heavy atom. The third-order valence-corrected chi connectivity index (χ3v) is 4.03. The third kappa shape index (κ3) is 6.09.